The standard InChI is InChI=1S/C28H34N6O10/c1-17(25(38)33-10-3-6-22(33)27(40)41)44-19-5-2-4-18(16-19)34-11-9-20(30-34)24(37)29-21(7-8-23(35)36)26(39)31-12-14-32(15-13-31)28(42)43/h2,4-5,9,11,16-17,21-22H,3,6-8,10,12-15H2,1H3,(H,29,37)(H,35,36)(H,40,41)(H,42,43)/t17-,21?,22-/m0/s1. The Balaban J connectivity index is 1.41. The third-order valence-corrected chi connectivity index (χ3v) is 7.50. The number of likely N-dealkylation sites (tertiary alicyclic amines) is 1. The van der Waals surface area contributed by atoms with E-state index in [9.17, 15) is 33.9 Å². The smallest absolute Gasteiger partial charge is 0.407 e. The maximum atomic E-state index is 13.1. The number of carboxylic acid groups (broad SMARTS) is 3. The van der Waals surface area contributed by atoms with Crippen molar-refractivity contribution in [3.05, 3.63) is 42.2 Å². The van der Waals surface area contributed by atoms with E-state index < -0.39 is 53.9 Å². The van der Waals surface area contributed by atoms with Crippen molar-refractivity contribution in [2.75, 3.05) is 32.7 Å². The number of piperazine rings is 1. The summed E-state index contributed by atoms with van der Waals surface area (Å²) >= 11 is 0. The van der Waals surface area contributed by atoms with Gasteiger partial charge in [-0.25, -0.2) is 14.3 Å². The molecule has 44 heavy (non-hydrogen) atoms. The monoisotopic (exact) mass is 614 g/mol. The molecule has 2 saturated heterocycles. The number of hydrogen-bond donors (Lipinski definition) is 4. The Kier molecular flexibility index (Phi) is 10.0. The Morgan fingerprint density at radius 3 is 2.34 bits per heavy atom. The van der Waals surface area contributed by atoms with Gasteiger partial charge in [0.25, 0.3) is 11.8 Å². The van der Waals surface area contributed by atoms with Crippen LogP contribution in [-0.2, 0) is 19.2 Å². The molecule has 0 radical (unpaired) electrons. The first-order valence-corrected chi connectivity index (χ1v) is 14.1. The fraction of sp³-hybridized carbons (Fsp3) is 0.464. The van der Waals surface area contributed by atoms with Gasteiger partial charge in [-0.3, -0.25) is 19.2 Å². The fourth-order valence-electron chi connectivity index (χ4n) is 5.16. The number of ether oxygens (including phenoxy) is 1. The molecule has 0 aliphatic carbocycles. The summed E-state index contributed by atoms with van der Waals surface area (Å²) in [5, 5.41) is 34.5. The first kappa shape index (κ1) is 31.8. The largest absolute Gasteiger partial charge is 0.481 e. The van der Waals surface area contributed by atoms with Gasteiger partial charge in [-0.15, -0.1) is 0 Å². The second-order valence-electron chi connectivity index (χ2n) is 10.5. The highest BCUT2D eigenvalue weighted by Gasteiger charge is 2.36. The van der Waals surface area contributed by atoms with Gasteiger partial charge in [-0.1, -0.05) is 6.07 Å². The molecule has 2 aromatic rings. The summed E-state index contributed by atoms with van der Waals surface area (Å²) in [6, 6.07) is 5.93. The molecule has 0 bridgehead atoms. The Morgan fingerprint density at radius 1 is 0.977 bits per heavy atom. The Morgan fingerprint density at radius 2 is 1.68 bits per heavy atom. The normalized spacial score (nSPS) is 17.9. The molecule has 4 amide bonds. The predicted octanol–water partition coefficient (Wildman–Crippen LogP) is 0.501. The number of carbonyl (C=O) groups is 6. The molecular formula is C28H34N6O10. The van der Waals surface area contributed by atoms with E-state index in [0.717, 1.165) is 0 Å². The fourth-order valence-corrected chi connectivity index (χ4v) is 5.16. The van der Waals surface area contributed by atoms with Crippen LogP contribution >= 0.6 is 0 Å². The van der Waals surface area contributed by atoms with E-state index in [-0.39, 0.29) is 44.7 Å². The predicted molar refractivity (Wildman–Crippen MR) is 150 cm³/mol. The Labute approximate surface area is 251 Å². The third kappa shape index (κ3) is 7.62. The number of benzene rings is 1. The summed E-state index contributed by atoms with van der Waals surface area (Å²) in [4.78, 5) is 76.8. The van der Waals surface area contributed by atoms with Gasteiger partial charge in [0.1, 0.15) is 17.8 Å². The summed E-state index contributed by atoms with van der Waals surface area (Å²) in [7, 11) is 0. The second-order valence-corrected chi connectivity index (χ2v) is 10.5. The molecule has 1 aromatic carbocycles. The van der Waals surface area contributed by atoms with Crippen LogP contribution in [0.1, 0.15) is 43.1 Å². The first-order chi connectivity index (χ1) is 20.9. The SMILES string of the molecule is C[C@H](Oc1cccc(-n2ccc(C(=O)NC(CCC(=O)O)C(=O)N3CCN(C(=O)O)CC3)n2)c1)C(=O)N1CCC[C@H]1C(=O)O. The van der Waals surface area contributed by atoms with Crippen molar-refractivity contribution in [3.63, 3.8) is 0 Å². The van der Waals surface area contributed by atoms with E-state index >= 15 is 0 Å². The van der Waals surface area contributed by atoms with E-state index in [1.54, 1.807) is 24.3 Å². The lowest BCUT2D eigenvalue weighted by molar-refractivity contribution is -0.150. The number of carbonyl (C=O) groups excluding carboxylic acids is 3. The van der Waals surface area contributed by atoms with E-state index in [2.05, 4.69) is 10.4 Å². The minimum absolute atomic E-state index is 0.0440. The lowest BCUT2D eigenvalue weighted by Crippen LogP contribution is -2.55. The zero-order chi connectivity index (χ0) is 32.0. The van der Waals surface area contributed by atoms with Crippen molar-refractivity contribution in [2.45, 2.75) is 50.8 Å². The van der Waals surface area contributed by atoms with E-state index in [4.69, 9.17) is 14.9 Å². The molecule has 2 aliphatic heterocycles. The molecule has 2 fully saturated rings. The van der Waals surface area contributed by atoms with Gasteiger partial charge in [0.2, 0.25) is 5.91 Å². The molecule has 16 nitrogen and oxygen atoms in total. The molecule has 4 rings (SSSR count). The van der Waals surface area contributed by atoms with Gasteiger partial charge in [-0.05, 0) is 44.4 Å². The summed E-state index contributed by atoms with van der Waals surface area (Å²) < 4.78 is 7.19. The van der Waals surface area contributed by atoms with Crippen molar-refractivity contribution in [1.82, 2.24) is 29.8 Å². The molecule has 0 saturated carbocycles. The number of carboxylic acids is 2. The average Bonchev–Trinajstić information content (AvgIpc) is 3.69. The number of amides is 4. The van der Waals surface area contributed by atoms with Crippen LogP contribution in [0.3, 0.4) is 0 Å². The lowest BCUT2D eigenvalue weighted by Gasteiger charge is -2.35. The molecule has 4 N–H and O–H groups in total. The van der Waals surface area contributed by atoms with E-state index in [0.29, 0.717) is 30.8 Å². The van der Waals surface area contributed by atoms with Gasteiger partial charge in [0.05, 0.1) is 5.69 Å². The molecular weight excluding hydrogens is 580 g/mol. The molecule has 1 aromatic heterocycles. The summed E-state index contributed by atoms with van der Waals surface area (Å²) in [5.74, 6) is -3.53. The van der Waals surface area contributed by atoms with Crippen LogP contribution in [0.15, 0.2) is 36.5 Å². The van der Waals surface area contributed by atoms with Crippen LogP contribution in [0.2, 0.25) is 0 Å². The Hall–Kier alpha value is -5.15. The topological polar surface area (TPSA) is 212 Å². The molecule has 236 valence electrons. The van der Waals surface area contributed by atoms with E-state index in [1.165, 1.54) is 38.6 Å². The summed E-state index contributed by atoms with van der Waals surface area (Å²) in [6.45, 7) is 2.30. The molecule has 0 spiro atoms. The van der Waals surface area contributed by atoms with Crippen LogP contribution in [0.5, 0.6) is 5.75 Å². The summed E-state index contributed by atoms with van der Waals surface area (Å²) in [5.41, 5.74) is 0.443. The van der Waals surface area contributed by atoms with Crippen molar-refractivity contribution < 1.29 is 48.8 Å². The van der Waals surface area contributed by atoms with Crippen molar-refractivity contribution in [2.24, 2.45) is 0 Å². The first-order valence-electron chi connectivity index (χ1n) is 14.1. The van der Waals surface area contributed by atoms with Crippen molar-refractivity contribution in [3.8, 4) is 11.4 Å². The highest BCUT2D eigenvalue weighted by atomic mass is 16.5. The number of aromatic nitrogens is 2. The maximum Gasteiger partial charge on any atom is 0.407 e. The van der Waals surface area contributed by atoms with Crippen LogP contribution in [-0.4, -0.2) is 126 Å². The van der Waals surface area contributed by atoms with Crippen molar-refractivity contribution >= 4 is 35.8 Å². The van der Waals surface area contributed by atoms with Crippen LogP contribution < -0.4 is 10.1 Å². The zero-order valence-electron chi connectivity index (χ0n) is 24.0. The lowest BCUT2D eigenvalue weighted by atomic mass is 10.1. The average molecular weight is 615 g/mol. The minimum Gasteiger partial charge on any atom is -0.481 e. The maximum absolute atomic E-state index is 13.1. The third-order valence-electron chi connectivity index (χ3n) is 7.50. The van der Waals surface area contributed by atoms with Crippen LogP contribution in [0.25, 0.3) is 5.69 Å². The number of aliphatic carboxylic acids is 2. The number of rotatable bonds is 11. The molecule has 2 aliphatic rings. The Bertz CT molecular complexity index is 1420. The number of hydrogen-bond acceptors (Lipinski definition) is 8. The van der Waals surface area contributed by atoms with Crippen LogP contribution in [0, 0.1) is 0 Å². The minimum atomic E-state index is -1.16. The molecule has 16 heteroatoms. The van der Waals surface area contributed by atoms with Crippen LogP contribution in [0.4, 0.5) is 4.79 Å². The highest BCUT2D eigenvalue weighted by molar-refractivity contribution is 5.96. The highest BCUT2D eigenvalue weighted by Crippen LogP contribution is 2.22. The summed E-state index contributed by atoms with van der Waals surface area (Å²) in [6.07, 6.45) is -0.0990. The van der Waals surface area contributed by atoms with Gasteiger partial charge in [0, 0.05) is 51.4 Å². The number of nitrogens with zero attached hydrogens (tertiary/aromatic N) is 5. The van der Waals surface area contributed by atoms with Gasteiger partial charge >= 0.3 is 18.0 Å². The number of nitrogens with one attached hydrogen (secondary N) is 1. The quantitative estimate of drug-likeness (QED) is 0.274. The molecule has 3 atom stereocenters. The van der Waals surface area contributed by atoms with Crippen molar-refractivity contribution in [1.29, 1.82) is 0 Å². The van der Waals surface area contributed by atoms with Gasteiger partial charge in [0.15, 0.2) is 11.8 Å². The molecule has 1 unspecified atom stereocenters. The molecule has 3 heterocycles. The second kappa shape index (κ2) is 13.9. The zero-order valence-corrected chi connectivity index (χ0v) is 24.0. The van der Waals surface area contributed by atoms with Gasteiger partial charge < -0.3 is 40.1 Å². The van der Waals surface area contributed by atoms with E-state index in [1.807, 2.05) is 0 Å². The van der Waals surface area contributed by atoms with Gasteiger partial charge in [-0.2, -0.15) is 5.10 Å².